The van der Waals surface area contributed by atoms with E-state index in [1.807, 2.05) is 4.90 Å². The molecule has 114 valence electrons. The number of hydrogen-bond acceptors (Lipinski definition) is 4. The van der Waals surface area contributed by atoms with Crippen LogP contribution >= 0.6 is 0 Å². The van der Waals surface area contributed by atoms with Gasteiger partial charge in [-0.1, -0.05) is 13.3 Å². The van der Waals surface area contributed by atoms with Gasteiger partial charge >= 0.3 is 0 Å². The van der Waals surface area contributed by atoms with Crippen molar-refractivity contribution in [2.75, 3.05) is 31.1 Å². The van der Waals surface area contributed by atoms with E-state index < -0.39 is 0 Å². The average molecular weight is 290 g/mol. The highest BCUT2D eigenvalue weighted by molar-refractivity contribution is 5.96. The lowest BCUT2D eigenvalue weighted by atomic mass is 10.1. The molecule has 0 bridgehead atoms. The van der Waals surface area contributed by atoms with Crippen molar-refractivity contribution in [2.45, 2.75) is 26.7 Å². The Morgan fingerprint density at radius 2 is 2.19 bits per heavy atom. The van der Waals surface area contributed by atoms with Crippen molar-refractivity contribution in [1.82, 2.24) is 5.32 Å². The Morgan fingerprint density at radius 3 is 2.90 bits per heavy atom. The smallest absolute Gasteiger partial charge is 0.239 e. The number of nitrogens with one attached hydrogen (secondary N) is 1. The van der Waals surface area contributed by atoms with Gasteiger partial charge in [0.05, 0.1) is 18.8 Å². The van der Waals surface area contributed by atoms with Gasteiger partial charge in [-0.3, -0.25) is 9.59 Å². The largest absolute Gasteiger partial charge is 0.490 e. The zero-order chi connectivity index (χ0) is 15.2. The van der Waals surface area contributed by atoms with Crippen molar-refractivity contribution in [2.24, 2.45) is 0 Å². The molecule has 1 aliphatic heterocycles. The Morgan fingerprint density at radius 1 is 1.38 bits per heavy atom. The van der Waals surface area contributed by atoms with Crippen molar-refractivity contribution in [1.29, 1.82) is 0 Å². The molecule has 0 saturated heterocycles. The first kappa shape index (κ1) is 15.4. The minimum Gasteiger partial charge on any atom is -0.490 e. The summed E-state index contributed by atoms with van der Waals surface area (Å²) in [5.74, 6) is 0.743. The summed E-state index contributed by atoms with van der Waals surface area (Å²) in [6, 6.07) is 5.36. The lowest BCUT2D eigenvalue weighted by Crippen LogP contribution is -2.41. The third kappa shape index (κ3) is 3.97. The fourth-order valence-corrected chi connectivity index (χ4v) is 2.29. The first-order valence-corrected chi connectivity index (χ1v) is 7.41. The molecule has 1 aromatic rings. The Bertz CT molecular complexity index is 528. The highest BCUT2D eigenvalue weighted by atomic mass is 16.5. The number of amides is 1. The topological polar surface area (TPSA) is 58.6 Å². The number of ether oxygens (including phenoxy) is 1. The molecule has 1 aromatic carbocycles. The molecule has 0 aliphatic carbocycles. The van der Waals surface area contributed by atoms with Crippen molar-refractivity contribution in [3.63, 3.8) is 0 Å². The SMILES string of the molecule is CCCCNC(=O)CN1CCOc2ccc(C(C)=O)cc21. The van der Waals surface area contributed by atoms with E-state index in [1.54, 1.807) is 18.2 Å². The number of nitrogens with zero attached hydrogens (tertiary/aromatic N) is 1. The molecular weight excluding hydrogens is 268 g/mol. The summed E-state index contributed by atoms with van der Waals surface area (Å²) in [7, 11) is 0. The van der Waals surface area contributed by atoms with Crippen LogP contribution in [-0.4, -0.2) is 37.9 Å². The molecule has 0 aromatic heterocycles. The third-order valence-electron chi connectivity index (χ3n) is 3.51. The molecule has 0 radical (unpaired) electrons. The lowest BCUT2D eigenvalue weighted by molar-refractivity contribution is -0.119. The summed E-state index contributed by atoms with van der Waals surface area (Å²) >= 11 is 0. The zero-order valence-corrected chi connectivity index (χ0v) is 12.6. The number of Topliss-reactive ketones (excluding diaryl/α,β-unsaturated/α-hetero) is 1. The van der Waals surface area contributed by atoms with Gasteiger partial charge in [-0.15, -0.1) is 0 Å². The predicted octanol–water partition coefficient (Wildman–Crippen LogP) is 2.00. The number of unbranched alkanes of at least 4 members (excludes halogenated alkanes) is 1. The van der Waals surface area contributed by atoms with Crippen LogP contribution in [0.25, 0.3) is 0 Å². The standard InChI is InChI=1S/C16H22N2O3/c1-3-4-7-17-16(20)11-18-8-9-21-15-6-5-13(12(2)19)10-14(15)18/h5-6,10H,3-4,7-9,11H2,1-2H3,(H,17,20). The van der Waals surface area contributed by atoms with Gasteiger partial charge in [0, 0.05) is 12.1 Å². The predicted molar refractivity (Wildman–Crippen MR) is 82.1 cm³/mol. The highest BCUT2D eigenvalue weighted by Crippen LogP contribution is 2.32. The Balaban J connectivity index is 2.08. The minimum absolute atomic E-state index is 0.00419. The third-order valence-corrected chi connectivity index (χ3v) is 3.51. The normalized spacial score (nSPS) is 13.3. The van der Waals surface area contributed by atoms with Crippen LogP contribution in [-0.2, 0) is 4.79 Å². The van der Waals surface area contributed by atoms with Crippen molar-refractivity contribution < 1.29 is 14.3 Å². The van der Waals surface area contributed by atoms with E-state index in [0.717, 1.165) is 24.3 Å². The monoisotopic (exact) mass is 290 g/mol. The van der Waals surface area contributed by atoms with Crippen molar-refractivity contribution >= 4 is 17.4 Å². The number of carbonyl (C=O) groups excluding carboxylic acids is 2. The van der Waals surface area contributed by atoms with Gasteiger partial charge < -0.3 is 15.0 Å². The maximum Gasteiger partial charge on any atom is 0.239 e. The molecule has 1 amide bonds. The maximum absolute atomic E-state index is 12.0. The quantitative estimate of drug-likeness (QED) is 0.643. The second-order valence-electron chi connectivity index (χ2n) is 5.21. The van der Waals surface area contributed by atoms with Gasteiger partial charge in [-0.2, -0.15) is 0 Å². The molecule has 0 saturated carbocycles. The Hall–Kier alpha value is -2.04. The van der Waals surface area contributed by atoms with Crippen LogP contribution in [0.5, 0.6) is 5.75 Å². The minimum atomic E-state index is 0.00419. The fraction of sp³-hybridized carbons (Fsp3) is 0.500. The van der Waals surface area contributed by atoms with Gasteiger partial charge in [0.15, 0.2) is 5.78 Å². The van der Waals surface area contributed by atoms with E-state index in [-0.39, 0.29) is 11.7 Å². The number of benzene rings is 1. The van der Waals surface area contributed by atoms with Crippen LogP contribution in [0, 0.1) is 0 Å². The number of hydrogen-bond donors (Lipinski definition) is 1. The van der Waals surface area contributed by atoms with Crippen LogP contribution in [0.2, 0.25) is 0 Å². The Labute approximate surface area is 125 Å². The van der Waals surface area contributed by atoms with E-state index in [4.69, 9.17) is 4.74 Å². The summed E-state index contributed by atoms with van der Waals surface area (Å²) in [6.07, 6.45) is 2.04. The summed E-state index contributed by atoms with van der Waals surface area (Å²) in [5, 5.41) is 2.91. The summed E-state index contributed by atoms with van der Waals surface area (Å²) in [4.78, 5) is 25.4. The first-order chi connectivity index (χ1) is 10.1. The number of rotatable bonds is 6. The van der Waals surface area contributed by atoms with E-state index in [9.17, 15) is 9.59 Å². The Kier molecular flexibility index (Phi) is 5.20. The van der Waals surface area contributed by atoms with Crippen molar-refractivity contribution in [3.8, 4) is 5.75 Å². The molecule has 5 nitrogen and oxygen atoms in total. The van der Waals surface area contributed by atoms with Crippen LogP contribution in [0.15, 0.2) is 18.2 Å². The van der Waals surface area contributed by atoms with Crippen LogP contribution in [0.3, 0.4) is 0 Å². The molecule has 0 unspecified atom stereocenters. The molecule has 1 heterocycles. The van der Waals surface area contributed by atoms with Crippen molar-refractivity contribution in [3.05, 3.63) is 23.8 Å². The van der Waals surface area contributed by atoms with E-state index in [1.165, 1.54) is 6.92 Å². The van der Waals surface area contributed by atoms with Gasteiger partial charge in [0.25, 0.3) is 0 Å². The zero-order valence-electron chi connectivity index (χ0n) is 12.6. The summed E-state index contributed by atoms with van der Waals surface area (Å²) < 4.78 is 5.58. The van der Waals surface area contributed by atoms with E-state index in [0.29, 0.717) is 31.8 Å². The lowest BCUT2D eigenvalue weighted by Gasteiger charge is -2.31. The van der Waals surface area contributed by atoms with Crippen LogP contribution in [0.4, 0.5) is 5.69 Å². The molecule has 21 heavy (non-hydrogen) atoms. The molecule has 1 N–H and O–H groups in total. The van der Waals surface area contributed by atoms with Gasteiger partial charge in [0.1, 0.15) is 12.4 Å². The first-order valence-electron chi connectivity index (χ1n) is 7.41. The summed E-state index contributed by atoms with van der Waals surface area (Å²) in [5.41, 5.74) is 1.45. The molecule has 2 rings (SSSR count). The second kappa shape index (κ2) is 7.11. The van der Waals surface area contributed by atoms with E-state index in [2.05, 4.69) is 12.2 Å². The van der Waals surface area contributed by atoms with E-state index >= 15 is 0 Å². The highest BCUT2D eigenvalue weighted by Gasteiger charge is 2.21. The molecular formula is C16H22N2O3. The van der Waals surface area contributed by atoms with Gasteiger partial charge in [0.2, 0.25) is 5.91 Å². The average Bonchev–Trinajstić information content (AvgIpc) is 2.47. The van der Waals surface area contributed by atoms with Crippen LogP contribution in [0.1, 0.15) is 37.0 Å². The molecule has 0 fully saturated rings. The molecule has 5 heteroatoms. The number of fused-ring (bicyclic) bond motifs is 1. The summed E-state index contributed by atoms with van der Waals surface area (Å²) in [6.45, 7) is 5.83. The number of carbonyl (C=O) groups is 2. The fourth-order valence-electron chi connectivity index (χ4n) is 2.29. The molecule has 0 spiro atoms. The number of anilines is 1. The molecule has 1 aliphatic rings. The van der Waals surface area contributed by atoms with Crippen LogP contribution < -0.4 is 15.0 Å². The number of ketones is 1. The molecule has 0 atom stereocenters. The second-order valence-corrected chi connectivity index (χ2v) is 5.21. The van der Waals surface area contributed by atoms with Gasteiger partial charge in [-0.05, 0) is 31.5 Å². The van der Waals surface area contributed by atoms with Gasteiger partial charge in [-0.25, -0.2) is 0 Å². The maximum atomic E-state index is 12.0.